The summed E-state index contributed by atoms with van der Waals surface area (Å²) in [6, 6.07) is 14.5. The van der Waals surface area contributed by atoms with Crippen LogP contribution in [0.3, 0.4) is 0 Å². The molecule has 0 heterocycles. The molecule has 1 nitrogen and oxygen atoms in total. The van der Waals surface area contributed by atoms with Crippen molar-refractivity contribution >= 4 is 11.6 Å². The second kappa shape index (κ2) is 6.23. The number of rotatable bonds is 4. The van der Waals surface area contributed by atoms with Crippen molar-refractivity contribution in [1.29, 1.82) is 0 Å². The van der Waals surface area contributed by atoms with Crippen molar-refractivity contribution < 1.29 is 0 Å². The Morgan fingerprint density at radius 3 is 2.42 bits per heavy atom. The Balaban J connectivity index is 2.07. The molecule has 0 aliphatic heterocycles. The van der Waals surface area contributed by atoms with Gasteiger partial charge in [-0.15, -0.1) is 0 Å². The number of hydrogen-bond donors (Lipinski definition) is 1. The minimum atomic E-state index is 0.0976. The third-order valence-corrected chi connectivity index (χ3v) is 3.80. The summed E-state index contributed by atoms with van der Waals surface area (Å²) in [5, 5.41) is 0.805. The zero-order valence-electron chi connectivity index (χ0n) is 11.5. The van der Waals surface area contributed by atoms with E-state index < -0.39 is 0 Å². The van der Waals surface area contributed by atoms with Crippen molar-refractivity contribution in [3.05, 3.63) is 69.7 Å². The van der Waals surface area contributed by atoms with Gasteiger partial charge in [0.1, 0.15) is 0 Å². The van der Waals surface area contributed by atoms with Crippen molar-refractivity contribution in [3.63, 3.8) is 0 Å². The van der Waals surface area contributed by atoms with Crippen molar-refractivity contribution in [2.75, 3.05) is 0 Å². The third-order valence-electron chi connectivity index (χ3n) is 3.43. The van der Waals surface area contributed by atoms with Gasteiger partial charge in [-0.3, -0.25) is 0 Å². The van der Waals surface area contributed by atoms with Crippen LogP contribution in [-0.4, -0.2) is 6.04 Å². The summed E-state index contributed by atoms with van der Waals surface area (Å²) in [5.41, 5.74) is 11.3. The van der Waals surface area contributed by atoms with Gasteiger partial charge in [0.2, 0.25) is 0 Å². The average Bonchev–Trinajstić information content (AvgIpc) is 2.37. The van der Waals surface area contributed by atoms with Crippen molar-refractivity contribution in [2.24, 2.45) is 5.73 Å². The van der Waals surface area contributed by atoms with Crippen molar-refractivity contribution in [1.82, 2.24) is 0 Å². The fourth-order valence-corrected chi connectivity index (χ4v) is 2.53. The van der Waals surface area contributed by atoms with Gasteiger partial charge in [0, 0.05) is 11.1 Å². The van der Waals surface area contributed by atoms with E-state index in [1.54, 1.807) is 0 Å². The lowest BCUT2D eigenvalue weighted by atomic mass is 9.96. The second-order valence-corrected chi connectivity index (χ2v) is 5.60. The van der Waals surface area contributed by atoms with Gasteiger partial charge >= 0.3 is 0 Å². The summed E-state index contributed by atoms with van der Waals surface area (Å²) in [4.78, 5) is 0. The van der Waals surface area contributed by atoms with Crippen LogP contribution in [0.4, 0.5) is 0 Å². The Morgan fingerprint density at radius 1 is 1.00 bits per heavy atom. The van der Waals surface area contributed by atoms with Gasteiger partial charge in [-0.05, 0) is 49.4 Å². The molecule has 1 atom stereocenters. The fraction of sp³-hybridized carbons (Fsp3) is 0.294. The first-order valence-electron chi connectivity index (χ1n) is 6.61. The van der Waals surface area contributed by atoms with Crippen molar-refractivity contribution in [3.8, 4) is 0 Å². The average molecular weight is 274 g/mol. The normalized spacial score (nSPS) is 12.4. The molecule has 2 N–H and O–H groups in total. The highest BCUT2D eigenvalue weighted by Crippen LogP contribution is 2.18. The van der Waals surface area contributed by atoms with Crippen LogP contribution < -0.4 is 5.73 Å². The van der Waals surface area contributed by atoms with Crippen LogP contribution in [0.2, 0.25) is 5.02 Å². The van der Waals surface area contributed by atoms with E-state index in [-0.39, 0.29) is 6.04 Å². The minimum absolute atomic E-state index is 0.0976. The molecule has 2 aromatic rings. The largest absolute Gasteiger partial charge is 0.327 e. The molecule has 0 radical (unpaired) electrons. The molecule has 100 valence electrons. The maximum atomic E-state index is 6.27. The quantitative estimate of drug-likeness (QED) is 0.893. The predicted molar refractivity (Wildman–Crippen MR) is 82.8 cm³/mol. The molecule has 0 aromatic heterocycles. The molecule has 0 amide bonds. The molecule has 0 aliphatic carbocycles. The Labute approximate surface area is 120 Å². The maximum Gasteiger partial charge on any atom is 0.0438 e. The second-order valence-electron chi connectivity index (χ2n) is 5.19. The van der Waals surface area contributed by atoms with Gasteiger partial charge in [-0.1, -0.05) is 53.6 Å². The van der Waals surface area contributed by atoms with Crippen molar-refractivity contribution in [2.45, 2.75) is 32.7 Å². The monoisotopic (exact) mass is 273 g/mol. The first-order chi connectivity index (χ1) is 9.06. The molecule has 0 spiro atoms. The molecule has 19 heavy (non-hydrogen) atoms. The van der Waals surface area contributed by atoms with Crippen LogP contribution in [0, 0.1) is 13.8 Å². The number of benzene rings is 2. The molecular weight excluding hydrogens is 254 g/mol. The zero-order valence-corrected chi connectivity index (χ0v) is 12.2. The lowest BCUT2D eigenvalue weighted by Gasteiger charge is -2.15. The summed E-state index contributed by atoms with van der Waals surface area (Å²) in [6.07, 6.45) is 1.70. The van der Waals surface area contributed by atoms with E-state index in [4.69, 9.17) is 17.3 Å². The summed E-state index contributed by atoms with van der Waals surface area (Å²) in [7, 11) is 0. The van der Waals surface area contributed by atoms with E-state index in [0.717, 1.165) is 23.4 Å². The first kappa shape index (κ1) is 14.1. The Hall–Kier alpha value is -1.31. The topological polar surface area (TPSA) is 26.0 Å². The smallest absolute Gasteiger partial charge is 0.0438 e. The highest BCUT2D eigenvalue weighted by Gasteiger charge is 2.09. The lowest BCUT2D eigenvalue weighted by Crippen LogP contribution is -2.26. The van der Waals surface area contributed by atoms with E-state index in [9.17, 15) is 0 Å². The molecule has 2 rings (SSSR count). The number of hydrogen-bond acceptors (Lipinski definition) is 1. The summed E-state index contributed by atoms with van der Waals surface area (Å²) >= 11 is 6.17. The predicted octanol–water partition coefficient (Wildman–Crippen LogP) is 4.07. The van der Waals surface area contributed by atoms with Gasteiger partial charge in [-0.2, -0.15) is 0 Å². The standard InChI is InChI=1S/C17H20ClN/c1-12-7-8-13(2)15(9-12)11-16(19)10-14-5-3-4-6-17(14)18/h3-9,16H,10-11,19H2,1-2H3. The fourth-order valence-electron chi connectivity index (χ4n) is 2.32. The lowest BCUT2D eigenvalue weighted by molar-refractivity contribution is 0.662. The molecule has 2 aromatic carbocycles. The Morgan fingerprint density at radius 2 is 1.68 bits per heavy atom. The minimum Gasteiger partial charge on any atom is -0.327 e. The van der Waals surface area contributed by atoms with Gasteiger partial charge in [0.15, 0.2) is 0 Å². The van der Waals surface area contributed by atoms with Gasteiger partial charge in [-0.25, -0.2) is 0 Å². The molecule has 0 saturated heterocycles. The highest BCUT2D eigenvalue weighted by atomic mass is 35.5. The molecule has 1 unspecified atom stereocenters. The molecule has 0 saturated carbocycles. The maximum absolute atomic E-state index is 6.27. The Bertz CT molecular complexity index is 563. The molecule has 2 heteroatoms. The van der Waals surface area contributed by atoms with E-state index >= 15 is 0 Å². The third kappa shape index (κ3) is 3.82. The highest BCUT2D eigenvalue weighted by molar-refractivity contribution is 6.31. The molecule has 0 aliphatic rings. The van der Waals surface area contributed by atoms with Gasteiger partial charge in [0.05, 0.1) is 0 Å². The molecular formula is C17H20ClN. The van der Waals surface area contributed by atoms with E-state index in [1.807, 2.05) is 24.3 Å². The van der Waals surface area contributed by atoms with Crippen LogP contribution >= 0.6 is 11.6 Å². The zero-order chi connectivity index (χ0) is 13.8. The Kier molecular flexibility index (Phi) is 4.62. The molecule has 0 fully saturated rings. The number of halogens is 1. The van der Waals surface area contributed by atoms with Gasteiger partial charge < -0.3 is 5.73 Å². The number of aryl methyl sites for hydroxylation is 2. The van der Waals surface area contributed by atoms with E-state index in [0.29, 0.717) is 0 Å². The van der Waals surface area contributed by atoms with Gasteiger partial charge in [0.25, 0.3) is 0 Å². The summed E-state index contributed by atoms with van der Waals surface area (Å²) in [6.45, 7) is 4.25. The summed E-state index contributed by atoms with van der Waals surface area (Å²) < 4.78 is 0. The van der Waals surface area contributed by atoms with Crippen LogP contribution in [-0.2, 0) is 12.8 Å². The summed E-state index contributed by atoms with van der Waals surface area (Å²) in [5.74, 6) is 0. The van der Waals surface area contributed by atoms with E-state index in [2.05, 4.69) is 32.0 Å². The van der Waals surface area contributed by atoms with E-state index in [1.165, 1.54) is 16.7 Å². The number of nitrogens with two attached hydrogens (primary N) is 1. The van der Waals surface area contributed by atoms with Crippen LogP contribution in [0.15, 0.2) is 42.5 Å². The van der Waals surface area contributed by atoms with Crippen LogP contribution in [0.25, 0.3) is 0 Å². The van der Waals surface area contributed by atoms with Crippen LogP contribution in [0.5, 0.6) is 0 Å². The molecule has 0 bridgehead atoms. The first-order valence-corrected chi connectivity index (χ1v) is 6.99. The van der Waals surface area contributed by atoms with Crippen LogP contribution in [0.1, 0.15) is 22.3 Å². The SMILES string of the molecule is Cc1ccc(C)c(CC(N)Cc2ccccc2Cl)c1.